The Bertz CT molecular complexity index is 1520. The van der Waals surface area contributed by atoms with Gasteiger partial charge in [-0.3, -0.25) is 9.55 Å². The number of carbonyl (C=O) groups excluding carboxylic acids is 2. The number of β-amino-alcohol motifs (C(OH)–C–C–N with tert-alkyl or cyclic N) is 1. The average Bonchev–Trinajstić information content (AvgIpc) is 3.50. The quantitative estimate of drug-likeness (QED) is 0.437. The van der Waals surface area contributed by atoms with E-state index in [2.05, 4.69) is 15.3 Å². The summed E-state index contributed by atoms with van der Waals surface area (Å²) in [6.45, 7) is 1.94. The van der Waals surface area contributed by atoms with E-state index in [1.807, 2.05) is 6.07 Å². The molecule has 224 valence electrons. The summed E-state index contributed by atoms with van der Waals surface area (Å²) in [5, 5.41) is 13.0. The minimum atomic E-state index is -0.934. The van der Waals surface area contributed by atoms with E-state index in [1.165, 1.54) is 6.07 Å². The number of benzene rings is 1. The van der Waals surface area contributed by atoms with Crippen molar-refractivity contribution in [3.05, 3.63) is 64.2 Å². The van der Waals surface area contributed by atoms with Crippen molar-refractivity contribution >= 4 is 23.2 Å². The number of piperidine rings is 1. The van der Waals surface area contributed by atoms with Gasteiger partial charge in [0.05, 0.1) is 11.6 Å². The Kier molecular flexibility index (Phi) is 7.84. The molecule has 1 unspecified atom stereocenters. The number of urea groups is 2. The molecule has 5 heterocycles. The highest BCUT2D eigenvalue weighted by Crippen LogP contribution is 2.31. The fourth-order valence-electron chi connectivity index (χ4n) is 6.58. The van der Waals surface area contributed by atoms with E-state index in [0.717, 1.165) is 11.6 Å². The van der Waals surface area contributed by atoms with Crippen LogP contribution < -0.4 is 11.0 Å². The van der Waals surface area contributed by atoms with Crippen molar-refractivity contribution in [2.45, 2.75) is 56.2 Å². The minimum Gasteiger partial charge on any atom is -0.391 e. The molecule has 6 rings (SSSR count). The third-order valence-corrected chi connectivity index (χ3v) is 8.81. The van der Waals surface area contributed by atoms with Crippen LogP contribution in [0.4, 0.5) is 18.4 Å². The Morgan fingerprint density at radius 1 is 0.929 bits per heavy atom. The highest BCUT2D eigenvalue weighted by atomic mass is 19.2. The maximum absolute atomic E-state index is 14.8. The molecule has 3 aliphatic rings. The average molecular weight is 584 g/mol. The summed E-state index contributed by atoms with van der Waals surface area (Å²) in [4.78, 5) is 51.3. The minimum absolute atomic E-state index is 0.0665. The second-order valence-corrected chi connectivity index (χ2v) is 11.5. The number of nitrogens with one attached hydrogen (secondary N) is 2. The van der Waals surface area contributed by atoms with Crippen molar-refractivity contribution in [3.8, 4) is 0 Å². The third kappa shape index (κ3) is 5.57. The van der Waals surface area contributed by atoms with Crippen LogP contribution in [0.1, 0.15) is 49.6 Å². The number of halogens is 2. The topological polar surface area (TPSA) is 127 Å². The Labute approximate surface area is 241 Å². The number of likely N-dealkylation sites (tertiary alicyclic amines) is 3. The fraction of sp³-hybridized carbons (Fsp3) is 0.517. The van der Waals surface area contributed by atoms with Gasteiger partial charge in [0.15, 0.2) is 17.3 Å². The number of rotatable bonds is 3. The molecular formula is C29H35F2N7O4. The van der Waals surface area contributed by atoms with Gasteiger partial charge in [0, 0.05) is 63.5 Å². The molecule has 3 saturated heterocycles. The van der Waals surface area contributed by atoms with Gasteiger partial charge in [-0.2, -0.15) is 0 Å². The maximum Gasteiger partial charge on any atom is 0.327 e. The molecule has 0 spiro atoms. The molecule has 3 aromatic rings. The van der Waals surface area contributed by atoms with Gasteiger partial charge in [0.2, 0.25) is 0 Å². The maximum atomic E-state index is 14.8. The van der Waals surface area contributed by atoms with Crippen LogP contribution in [0, 0.1) is 11.6 Å². The highest BCUT2D eigenvalue weighted by molar-refractivity contribution is 5.76. The molecule has 3 atom stereocenters. The van der Waals surface area contributed by atoms with Gasteiger partial charge >= 0.3 is 17.8 Å². The predicted octanol–water partition coefficient (Wildman–Crippen LogP) is 2.78. The molecule has 42 heavy (non-hydrogen) atoms. The monoisotopic (exact) mass is 583 g/mol. The van der Waals surface area contributed by atoms with Crippen LogP contribution in [-0.4, -0.2) is 97.8 Å². The normalized spacial score (nSPS) is 23.8. The SMILES string of the molecule is O=C(N[C@@H]1CC[C@@H](c2cccc(F)c2F)CN(C(=O)N2CCC(O)C2)C1)N1CCC(n2c(=O)[nH]c3ncccc32)CC1. The van der Waals surface area contributed by atoms with E-state index in [0.29, 0.717) is 57.4 Å². The van der Waals surface area contributed by atoms with E-state index < -0.39 is 29.7 Å². The van der Waals surface area contributed by atoms with Crippen molar-refractivity contribution < 1.29 is 23.5 Å². The number of amides is 4. The predicted molar refractivity (Wildman–Crippen MR) is 150 cm³/mol. The number of nitrogens with zero attached hydrogens (tertiary/aromatic N) is 5. The van der Waals surface area contributed by atoms with Crippen LogP contribution >= 0.6 is 0 Å². The van der Waals surface area contributed by atoms with E-state index in [-0.39, 0.29) is 49.0 Å². The van der Waals surface area contributed by atoms with Crippen molar-refractivity contribution in [1.82, 2.24) is 34.6 Å². The lowest BCUT2D eigenvalue weighted by atomic mass is 9.93. The summed E-state index contributed by atoms with van der Waals surface area (Å²) in [6, 6.07) is 6.72. The van der Waals surface area contributed by atoms with Crippen LogP contribution in [0.15, 0.2) is 41.3 Å². The van der Waals surface area contributed by atoms with E-state index in [4.69, 9.17) is 0 Å². The standard InChI is InChI=1S/C29H35F2N7O4/c30-23-4-1-3-22(25(23)31)18-6-7-19(16-37(15-18)29(42)36-14-10-21(39)17-36)33-27(40)35-12-8-20(9-13-35)38-24-5-2-11-32-26(24)34-28(38)41/h1-5,11,18-21,39H,6-10,12-17H2,(H,33,40)(H,32,34,41)/t18-,19-,21?/m1/s1. The third-order valence-electron chi connectivity index (χ3n) is 8.81. The van der Waals surface area contributed by atoms with E-state index >= 15 is 0 Å². The number of H-pyrrole nitrogens is 1. The van der Waals surface area contributed by atoms with Gasteiger partial charge in [-0.05, 0) is 55.9 Å². The van der Waals surface area contributed by atoms with Crippen molar-refractivity contribution in [2.24, 2.45) is 0 Å². The smallest absolute Gasteiger partial charge is 0.327 e. The zero-order chi connectivity index (χ0) is 29.4. The number of hydrogen-bond acceptors (Lipinski definition) is 5. The number of fused-ring (bicyclic) bond motifs is 1. The molecule has 0 saturated carbocycles. The lowest BCUT2D eigenvalue weighted by Gasteiger charge is -2.34. The molecule has 11 nitrogen and oxygen atoms in total. The molecule has 1 aromatic carbocycles. The highest BCUT2D eigenvalue weighted by Gasteiger charge is 2.35. The fourth-order valence-corrected chi connectivity index (χ4v) is 6.58. The van der Waals surface area contributed by atoms with Gasteiger partial charge in [0.25, 0.3) is 0 Å². The lowest BCUT2D eigenvalue weighted by Crippen LogP contribution is -2.52. The summed E-state index contributed by atoms with van der Waals surface area (Å²) >= 11 is 0. The lowest BCUT2D eigenvalue weighted by molar-refractivity contribution is 0.141. The van der Waals surface area contributed by atoms with Crippen LogP contribution in [-0.2, 0) is 0 Å². The molecule has 3 aliphatic heterocycles. The summed E-state index contributed by atoms with van der Waals surface area (Å²) in [7, 11) is 0. The van der Waals surface area contributed by atoms with Gasteiger partial charge in [-0.1, -0.05) is 12.1 Å². The van der Waals surface area contributed by atoms with Gasteiger partial charge < -0.3 is 25.1 Å². The first-order valence-electron chi connectivity index (χ1n) is 14.5. The van der Waals surface area contributed by atoms with Crippen LogP contribution in [0.25, 0.3) is 11.2 Å². The number of aliphatic hydroxyl groups excluding tert-OH is 1. The van der Waals surface area contributed by atoms with Crippen LogP contribution in [0.3, 0.4) is 0 Å². The first-order chi connectivity index (χ1) is 20.3. The Hall–Kier alpha value is -4.00. The van der Waals surface area contributed by atoms with Crippen LogP contribution in [0.5, 0.6) is 0 Å². The molecular weight excluding hydrogens is 548 g/mol. The number of hydrogen-bond donors (Lipinski definition) is 3. The molecule has 3 fully saturated rings. The number of aromatic amines is 1. The number of pyridine rings is 1. The first-order valence-corrected chi connectivity index (χ1v) is 14.5. The summed E-state index contributed by atoms with van der Waals surface area (Å²) in [6.07, 6.45) is 3.66. The van der Waals surface area contributed by atoms with Gasteiger partial charge in [0.1, 0.15) is 0 Å². The molecule has 4 amide bonds. The van der Waals surface area contributed by atoms with Gasteiger partial charge in [-0.25, -0.2) is 28.1 Å². The largest absolute Gasteiger partial charge is 0.391 e. The van der Waals surface area contributed by atoms with E-state index in [9.17, 15) is 28.3 Å². The van der Waals surface area contributed by atoms with Crippen molar-refractivity contribution in [2.75, 3.05) is 39.3 Å². The first kappa shape index (κ1) is 28.1. The number of aromatic nitrogens is 3. The molecule has 0 aliphatic carbocycles. The van der Waals surface area contributed by atoms with Crippen molar-refractivity contribution in [3.63, 3.8) is 0 Å². The Balaban J connectivity index is 1.13. The van der Waals surface area contributed by atoms with Crippen LogP contribution in [0.2, 0.25) is 0 Å². The Morgan fingerprint density at radius 2 is 1.71 bits per heavy atom. The summed E-state index contributed by atoms with van der Waals surface area (Å²) in [5.74, 6) is -2.29. The molecule has 13 heteroatoms. The van der Waals surface area contributed by atoms with Gasteiger partial charge in [-0.15, -0.1) is 0 Å². The molecule has 2 aromatic heterocycles. The molecule has 0 radical (unpaired) electrons. The number of carbonyl (C=O) groups is 2. The number of aliphatic hydroxyl groups is 1. The number of imidazole rings is 1. The zero-order valence-electron chi connectivity index (χ0n) is 23.2. The zero-order valence-corrected chi connectivity index (χ0v) is 23.2. The van der Waals surface area contributed by atoms with Crippen molar-refractivity contribution in [1.29, 1.82) is 0 Å². The molecule has 3 N–H and O–H groups in total. The summed E-state index contributed by atoms with van der Waals surface area (Å²) < 4.78 is 30.6. The molecule has 0 bridgehead atoms. The second-order valence-electron chi connectivity index (χ2n) is 11.5. The Morgan fingerprint density at radius 3 is 2.48 bits per heavy atom. The van der Waals surface area contributed by atoms with E-state index in [1.54, 1.807) is 37.6 Å². The summed E-state index contributed by atoms with van der Waals surface area (Å²) in [5.41, 5.74) is 1.27. The second kappa shape index (κ2) is 11.7.